The van der Waals surface area contributed by atoms with Crippen molar-refractivity contribution in [2.75, 3.05) is 0 Å². The molecule has 2 aromatic heterocycles. The summed E-state index contributed by atoms with van der Waals surface area (Å²) in [6, 6.07) is 0.376. The van der Waals surface area contributed by atoms with Crippen LogP contribution in [0.5, 0.6) is 0 Å². The van der Waals surface area contributed by atoms with Crippen molar-refractivity contribution in [2.24, 2.45) is 0 Å². The summed E-state index contributed by atoms with van der Waals surface area (Å²) in [7, 11) is 0. The van der Waals surface area contributed by atoms with E-state index >= 15 is 0 Å². The quantitative estimate of drug-likeness (QED) is 0.592. The summed E-state index contributed by atoms with van der Waals surface area (Å²) < 4.78 is 0. The molecule has 0 spiro atoms. The standard InChI is InChI=1S/C10H15N5O2/c1-3-5(2)11-4-6-12-7-8(13-6)14-10(17)15-9(7)16/h5,11H,3-4H2,1-2H3,(H3,12,13,14,15,16,17). The van der Waals surface area contributed by atoms with Crippen LogP contribution in [0.4, 0.5) is 0 Å². The number of fused-ring (bicyclic) bond motifs is 1. The first kappa shape index (κ1) is 11.6. The Morgan fingerprint density at radius 3 is 2.76 bits per heavy atom. The van der Waals surface area contributed by atoms with Crippen LogP contribution in [0.25, 0.3) is 11.2 Å². The highest BCUT2D eigenvalue weighted by Crippen LogP contribution is 2.01. The number of imidazole rings is 1. The average molecular weight is 237 g/mol. The Bertz CT molecular complexity index is 623. The van der Waals surface area contributed by atoms with Gasteiger partial charge in [-0.3, -0.25) is 14.8 Å². The Kier molecular flexibility index (Phi) is 3.10. The highest BCUT2D eigenvalue weighted by molar-refractivity contribution is 5.68. The van der Waals surface area contributed by atoms with Gasteiger partial charge in [-0.1, -0.05) is 6.92 Å². The molecule has 7 heteroatoms. The van der Waals surface area contributed by atoms with E-state index in [2.05, 4.69) is 39.1 Å². The molecule has 0 fully saturated rings. The highest BCUT2D eigenvalue weighted by atomic mass is 16.2. The van der Waals surface area contributed by atoms with Gasteiger partial charge in [-0.2, -0.15) is 0 Å². The van der Waals surface area contributed by atoms with Crippen molar-refractivity contribution in [1.29, 1.82) is 0 Å². The van der Waals surface area contributed by atoms with Crippen LogP contribution in [0, 0.1) is 0 Å². The molecule has 1 unspecified atom stereocenters. The van der Waals surface area contributed by atoms with E-state index < -0.39 is 11.2 Å². The molecule has 0 radical (unpaired) electrons. The molecule has 92 valence electrons. The summed E-state index contributed by atoms with van der Waals surface area (Å²) in [5.74, 6) is 0.632. The van der Waals surface area contributed by atoms with Crippen molar-refractivity contribution in [2.45, 2.75) is 32.9 Å². The molecule has 7 nitrogen and oxygen atoms in total. The number of hydrogen-bond donors (Lipinski definition) is 4. The first-order valence-corrected chi connectivity index (χ1v) is 5.54. The third-order valence-corrected chi connectivity index (χ3v) is 2.67. The van der Waals surface area contributed by atoms with Gasteiger partial charge in [0.15, 0.2) is 5.65 Å². The van der Waals surface area contributed by atoms with Crippen molar-refractivity contribution < 1.29 is 0 Å². The fourth-order valence-electron chi connectivity index (χ4n) is 1.48. The lowest BCUT2D eigenvalue weighted by atomic mass is 10.2. The van der Waals surface area contributed by atoms with E-state index in [9.17, 15) is 9.59 Å². The van der Waals surface area contributed by atoms with Crippen molar-refractivity contribution in [1.82, 2.24) is 25.3 Å². The van der Waals surface area contributed by atoms with Crippen LogP contribution in [-0.2, 0) is 6.54 Å². The Morgan fingerprint density at radius 1 is 1.29 bits per heavy atom. The zero-order valence-corrected chi connectivity index (χ0v) is 9.76. The second-order valence-electron chi connectivity index (χ2n) is 4.01. The maximum atomic E-state index is 11.4. The number of nitrogens with zero attached hydrogens (tertiary/aromatic N) is 1. The lowest BCUT2D eigenvalue weighted by Crippen LogP contribution is -2.24. The minimum atomic E-state index is -0.546. The molecule has 2 heterocycles. The topological polar surface area (TPSA) is 106 Å². The molecule has 0 bridgehead atoms. The molecule has 0 aliphatic heterocycles. The molecule has 0 saturated heterocycles. The van der Waals surface area contributed by atoms with Gasteiger partial charge in [0.1, 0.15) is 11.3 Å². The first-order valence-electron chi connectivity index (χ1n) is 5.54. The number of rotatable bonds is 4. The zero-order chi connectivity index (χ0) is 12.4. The number of H-pyrrole nitrogens is 3. The minimum Gasteiger partial charge on any atom is -0.335 e. The van der Waals surface area contributed by atoms with E-state index in [1.54, 1.807) is 0 Å². The average Bonchev–Trinajstić information content (AvgIpc) is 2.69. The van der Waals surface area contributed by atoms with Gasteiger partial charge in [0.25, 0.3) is 5.56 Å². The normalized spacial score (nSPS) is 13.1. The molecular weight excluding hydrogens is 222 g/mol. The smallest absolute Gasteiger partial charge is 0.327 e. The van der Waals surface area contributed by atoms with Gasteiger partial charge in [0, 0.05) is 6.04 Å². The SMILES string of the molecule is CCC(C)NCc1nc2[nH]c(=O)[nH]c(=O)c2[nH]1. The summed E-state index contributed by atoms with van der Waals surface area (Å²) in [5.41, 5.74) is -0.410. The highest BCUT2D eigenvalue weighted by Gasteiger charge is 2.07. The van der Waals surface area contributed by atoms with E-state index in [0.29, 0.717) is 29.6 Å². The summed E-state index contributed by atoms with van der Waals surface area (Å²) in [6.45, 7) is 4.68. The van der Waals surface area contributed by atoms with Crippen LogP contribution in [0.3, 0.4) is 0 Å². The lowest BCUT2D eigenvalue weighted by molar-refractivity contribution is 0.525. The van der Waals surface area contributed by atoms with Gasteiger partial charge in [-0.05, 0) is 13.3 Å². The molecule has 17 heavy (non-hydrogen) atoms. The molecule has 1 atom stereocenters. The van der Waals surface area contributed by atoms with E-state index in [-0.39, 0.29) is 0 Å². The molecule has 2 aromatic rings. The van der Waals surface area contributed by atoms with E-state index in [1.165, 1.54) is 0 Å². The van der Waals surface area contributed by atoms with E-state index in [1.807, 2.05) is 0 Å². The molecule has 0 amide bonds. The Hall–Kier alpha value is -1.89. The lowest BCUT2D eigenvalue weighted by Gasteiger charge is -2.08. The Balaban J connectivity index is 2.29. The third kappa shape index (κ3) is 2.44. The fraction of sp³-hybridized carbons (Fsp3) is 0.500. The number of nitrogens with one attached hydrogen (secondary N) is 4. The number of aromatic nitrogens is 4. The summed E-state index contributed by atoms with van der Waals surface area (Å²) >= 11 is 0. The molecule has 0 saturated carbocycles. The van der Waals surface area contributed by atoms with Gasteiger partial charge >= 0.3 is 5.69 Å². The Morgan fingerprint density at radius 2 is 2.06 bits per heavy atom. The zero-order valence-electron chi connectivity index (χ0n) is 9.76. The van der Waals surface area contributed by atoms with Crippen molar-refractivity contribution in [3.05, 3.63) is 26.7 Å². The second-order valence-corrected chi connectivity index (χ2v) is 4.01. The largest absolute Gasteiger partial charge is 0.335 e. The first-order chi connectivity index (χ1) is 8.10. The predicted octanol–water partition coefficient (Wildman–Crippen LogP) is -0.172. The number of hydrogen-bond acceptors (Lipinski definition) is 4. The van der Waals surface area contributed by atoms with Gasteiger partial charge < -0.3 is 10.3 Å². The maximum absolute atomic E-state index is 11.4. The van der Waals surface area contributed by atoms with Crippen LogP contribution in [0.15, 0.2) is 9.59 Å². The van der Waals surface area contributed by atoms with E-state index in [0.717, 1.165) is 6.42 Å². The molecule has 0 aliphatic carbocycles. The maximum Gasteiger partial charge on any atom is 0.327 e. The number of aromatic amines is 3. The molecule has 4 N–H and O–H groups in total. The van der Waals surface area contributed by atoms with Gasteiger partial charge in [0.05, 0.1) is 6.54 Å². The van der Waals surface area contributed by atoms with Crippen molar-refractivity contribution in [3.8, 4) is 0 Å². The molecular formula is C10H15N5O2. The monoisotopic (exact) mass is 237 g/mol. The molecule has 0 aromatic carbocycles. The summed E-state index contributed by atoms with van der Waals surface area (Å²) in [6.07, 6.45) is 1.01. The van der Waals surface area contributed by atoms with Crippen LogP contribution in [0.1, 0.15) is 26.1 Å². The third-order valence-electron chi connectivity index (χ3n) is 2.67. The van der Waals surface area contributed by atoms with Gasteiger partial charge in [0.2, 0.25) is 0 Å². The predicted molar refractivity (Wildman–Crippen MR) is 63.9 cm³/mol. The van der Waals surface area contributed by atoms with Crippen LogP contribution >= 0.6 is 0 Å². The fourth-order valence-corrected chi connectivity index (χ4v) is 1.48. The van der Waals surface area contributed by atoms with Crippen LogP contribution in [0.2, 0.25) is 0 Å². The van der Waals surface area contributed by atoms with Crippen molar-refractivity contribution >= 4 is 11.2 Å². The Labute approximate surface area is 96.7 Å². The van der Waals surface area contributed by atoms with Crippen LogP contribution in [-0.4, -0.2) is 26.0 Å². The minimum absolute atomic E-state index is 0.291. The summed E-state index contributed by atoms with van der Waals surface area (Å²) in [5, 5.41) is 3.25. The summed E-state index contributed by atoms with van der Waals surface area (Å²) in [4.78, 5) is 34.1. The second kappa shape index (κ2) is 4.54. The van der Waals surface area contributed by atoms with Crippen LogP contribution < -0.4 is 16.6 Å². The van der Waals surface area contributed by atoms with Crippen molar-refractivity contribution in [3.63, 3.8) is 0 Å². The molecule has 2 rings (SSSR count). The van der Waals surface area contributed by atoms with Gasteiger partial charge in [-0.25, -0.2) is 9.78 Å². The molecule has 0 aliphatic rings. The van der Waals surface area contributed by atoms with Gasteiger partial charge in [-0.15, -0.1) is 0 Å². The van der Waals surface area contributed by atoms with E-state index in [4.69, 9.17) is 0 Å².